The van der Waals surface area contributed by atoms with E-state index in [2.05, 4.69) is 64.0 Å². The Bertz CT molecular complexity index is 2530. The van der Waals surface area contributed by atoms with Crippen molar-refractivity contribution in [1.82, 2.24) is 58.7 Å². The lowest BCUT2D eigenvalue weighted by Crippen LogP contribution is -2.61. The summed E-state index contributed by atoms with van der Waals surface area (Å²) in [5.41, 5.74) is 27.7. The molecule has 20 N–H and O–H groups in total. The van der Waals surface area contributed by atoms with Crippen molar-refractivity contribution in [3.8, 4) is 5.75 Å². The Morgan fingerprint density at radius 2 is 1.10 bits per heavy atom. The fourth-order valence-electron chi connectivity index (χ4n) is 8.71. The first kappa shape index (κ1) is 74.1. The van der Waals surface area contributed by atoms with Crippen LogP contribution in [0.3, 0.4) is 0 Å². The summed E-state index contributed by atoms with van der Waals surface area (Å²) in [5, 5.41) is 26.0. The van der Waals surface area contributed by atoms with Crippen LogP contribution in [0.1, 0.15) is 143 Å². The third kappa shape index (κ3) is 25.3. The summed E-state index contributed by atoms with van der Waals surface area (Å²) in [5.74, 6) is -12.7. The van der Waals surface area contributed by atoms with Gasteiger partial charge in [0.2, 0.25) is 53.2 Å². The molecule has 0 aliphatic carbocycles. The Kier molecular flexibility index (Phi) is 32.3. The number of fused-ring (bicyclic) bond motifs is 2. The number of unbranched alkanes of at least 4 members (excludes halogenated alkanes) is 1. The van der Waals surface area contributed by atoms with Gasteiger partial charge < -0.3 is 80.8 Å². The number of anilines is 1. The molecule has 0 unspecified atom stereocenters. The van der Waals surface area contributed by atoms with E-state index in [0.29, 0.717) is 19.3 Å². The quantitative estimate of drug-likeness (QED) is 0.0655. The van der Waals surface area contributed by atoms with Gasteiger partial charge in [-0.1, -0.05) is 61.8 Å². The van der Waals surface area contributed by atoms with Gasteiger partial charge in [-0.2, -0.15) is 0 Å². The predicted octanol–water partition coefficient (Wildman–Crippen LogP) is -2.93. The second-order valence-corrected chi connectivity index (χ2v) is 22.5. The fourth-order valence-corrected chi connectivity index (χ4v) is 8.71. The second-order valence-electron chi connectivity index (χ2n) is 22.5. The molecule has 2 bridgehead atoms. The number of nitrogens with two attached hydrogens (primary N) is 4. The number of rotatable bonds is 14. The van der Waals surface area contributed by atoms with Crippen LogP contribution in [0.2, 0.25) is 0 Å². The first-order valence-electron chi connectivity index (χ1n) is 29.2. The van der Waals surface area contributed by atoms with E-state index in [1.54, 1.807) is 41.5 Å². The van der Waals surface area contributed by atoms with Crippen molar-refractivity contribution < 1.29 is 67.1 Å². The number of primary amides is 1. The SMILES string of the molecule is CC[C@H](C)[C@@H]1NC(=O)[C@H](CCC(N)=O)NC(=O)[C@H](C(C)C)NC(=O)[C@@H](N)CCCNC(=O)[C@H](CC(C)C)NC(=O)[C@H](CCCCN)NC(=O)C(=O)Nc2ccc(OC)c(c2)C(=O)NNC(=O)[C@@H](N)CCCNC(=O)[C@H](C)NC(=O)[C@H](C(C)C)NC1=O. The Balaban J connectivity index is 2.52. The topological polar surface area (TPSA) is 480 Å². The van der Waals surface area contributed by atoms with Crippen molar-refractivity contribution in [2.24, 2.45) is 46.6 Å². The van der Waals surface area contributed by atoms with Crippen LogP contribution in [0.4, 0.5) is 5.69 Å². The molecule has 10 atom stereocenters. The maximum Gasteiger partial charge on any atom is 0.313 e. The van der Waals surface area contributed by atoms with E-state index >= 15 is 0 Å². The number of hydrazine groups is 1. The molecule has 2 rings (SSSR count). The van der Waals surface area contributed by atoms with Crippen LogP contribution in [0.5, 0.6) is 5.75 Å². The van der Waals surface area contributed by atoms with Crippen LogP contribution in [-0.2, 0) is 57.5 Å². The molecule has 0 spiro atoms. The molecule has 482 valence electrons. The summed E-state index contributed by atoms with van der Waals surface area (Å²) < 4.78 is 5.30. The van der Waals surface area contributed by atoms with E-state index in [1.807, 2.05) is 13.8 Å². The molecule has 1 aliphatic rings. The van der Waals surface area contributed by atoms with Crippen molar-refractivity contribution >= 4 is 82.5 Å². The van der Waals surface area contributed by atoms with Gasteiger partial charge in [-0.3, -0.25) is 73.2 Å². The number of hydrogen-bond donors (Lipinski definition) is 16. The van der Waals surface area contributed by atoms with Gasteiger partial charge in [-0.15, -0.1) is 0 Å². The number of carbonyl (C=O) groups excluding carboxylic acids is 13. The van der Waals surface area contributed by atoms with Crippen LogP contribution in [0.15, 0.2) is 18.2 Å². The minimum absolute atomic E-state index is 0.00217. The largest absolute Gasteiger partial charge is 0.496 e. The lowest BCUT2D eigenvalue weighted by Gasteiger charge is -2.30. The van der Waals surface area contributed by atoms with E-state index in [0.717, 1.165) is 0 Å². The minimum Gasteiger partial charge on any atom is -0.496 e. The van der Waals surface area contributed by atoms with Crippen LogP contribution in [0.25, 0.3) is 0 Å². The van der Waals surface area contributed by atoms with Gasteiger partial charge in [0.25, 0.3) is 11.8 Å². The van der Waals surface area contributed by atoms with Gasteiger partial charge >= 0.3 is 11.8 Å². The number of benzene rings is 1. The zero-order chi connectivity index (χ0) is 65.0. The van der Waals surface area contributed by atoms with Gasteiger partial charge in [0.15, 0.2) is 0 Å². The molecule has 0 aromatic heterocycles. The molecular formula is C56H94N16O14. The Hall–Kier alpha value is -7.99. The molecular weight excluding hydrogens is 1120 g/mol. The molecule has 0 saturated heterocycles. The van der Waals surface area contributed by atoms with E-state index in [4.69, 9.17) is 27.7 Å². The van der Waals surface area contributed by atoms with Crippen LogP contribution >= 0.6 is 0 Å². The number of hydrogen-bond acceptors (Lipinski definition) is 17. The molecule has 30 nitrogen and oxygen atoms in total. The van der Waals surface area contributed by atoms with E-state index < -0.39 is 149 Å². The highest BCUT2D eigenvalue weighted by molar-refractivity contribution is 6.40. The molecule has 0 saturated carbocycles. The average molecular weight is 1220 g/mol. The first-order valence-corrected chi connectivity index (χ1v) is 29.2. The smallest absolute Gasteiger partial charge is 0.313 e. The number of nitrogens with one attached hydrogen (secondary N) is 12. The highest BCUT2D eigenvalue weighted by Gasteiger charge is 2.36. The van der Waals surface area contributed by atoms with Crippen molar-refractivity contribution in [1.29, 1.82) is 0 Å². The number of methoxy groups -OCH3 is 1. The van der Waals surface area contributed by atoms with Crippen molar-refractivity contribution in [3.05, 3.63) is 23.8 Å². The molecule has 1 aromatic carbocycles. The Labute approximate surface area is 502 Å². The maximum atomic E-state index is 14.1. The molecule has 0 radical (unpaired) electrons. The van der Waals surface area contributed by atoms with E-state index in [1.165, 1.54) is 32.2 Å². The summed E-state index contributed by atoms with van der Waals surface area (Å²) in [6.07, 6.45) is 1.01. The summed E-state index contributed by atoms with van der Waals surface area (Å²) >= 11 is 0. The highest BCUT2D eigenvalue weighted by Crippen LogP contribution is 2.23. The highest BCUT2D eigenvalue weighted by atomic mass is 16.5. The standard InChI is InChI=1S/C56H94N16O14/c1-11-31(8)44-54(83)69-42(29(4)5)52(81)63-32(9)45(74)61-24-15-17-36(59)48(77)72-71-46(75)34-27-33(19-21-40(34)86-10)64-55(84)56(85)66-37(18-12-13-23-57)50(79)67-39(26-28(2)3)49(78)62-25-14-16-35(58)47(76)68-43(30(6)7)53(82)65-38(51(80)70-44)20-22-41(60)73/h19,21,27-32,35-39,42-44H,11-18,20,22-26,57-59H2,1-10H3,(H2,60,73)(H,61,74)(H,62,78)(H,63,81)(H,64,84)(H,65,82)(H,66,85)(H,67,79)(H,68,76)(H,69,83)(H,70,80)(H,71,75)(H,72,77)/t31-,32-,35-,36-,37-,38-,39-,42-,43-,44-/m0/s1. The number of ether oxygens (including phenoxy) is 1. The average Bonchev–Trinajstić information content (AvgIpc) is 2.78. The van der Waals surface area contributed by atoms with Gasteiger partial charge in [-0.25, -0.2) is 0 Å². The van der Waals surface area contributed by atoms with Crippen molar-refractivity contribution in [3.63, 3.8) is 0 Å². The lowest BCUT2D eigenvalue weighted by molar-refractivity contribution is -0.138. The van der Waals surface area contributed by atoms with Crippen molar-refractivity contribution in [2.75, 3.05) is 32.1 Å². The molecule has 86 heavy (non-hydrogen) atoms. The van der Waals surface area contributed by atoms with Gasteiger partial charge in [0.1, 0.15) is 48.0 Å². The molecule has 0 fully saturated rings. The second kappa shape index (κ2) is 37.4. The normalized spacial score (nSPS) is 24.9. The summed E-state index contributed by atoms with van der Waals surface area (Å²) in [4.78, 5) is 175. The van der Waals surface area contributed by atoms with Crippen molar-refractivity contribution in [2.45, 2.75) is 187 Å². The minimum atomic E-state index is -1.46. The maximum absolute atomic E-state index is 14.1. The van der Waals surface area contributed by atoms with Crippen LogP contribution in [-0.4, -0.2) is 158 Å². The molecule has 30 heteroatoms. The number of amides is 13. The van der Waals surface area contributed by atoms with Crippen LogP contribution < -0.4 is 91.7 Å². The van der Waals surface area contributed by atoms with Gasteiger partial charge in [-0.05, 0) is 113 Å². The zero-order valence-electron chi connectivity index (χ0n) is 51.2. The third-order valence-electron chi connectivity index (χ3n) is 14.1. The van der Waals surface area contributed by atoms with Crippen LogP contribution in [0, 0.1) is 23.7 Å². The monoisotopic (exact) mass is 1210 g/mol. The predicted molar refractivity (Wildman–Crippen MR) is 317 cm³/mol. The molecule has 1 heterocycles. The zero-order valence-corrected chi connectivity index (χ0v) is 51.2. The summed E-state index contributed by atoms with van der Waals surface area (Å²) in [7, 11) is 1.27. The fraction of sp³-hybridized carbons (Fsp3) is 0.661. The lowest BCUT2D eigenvalue weighted by atomic mass is 9.95. The summed E-state index contributed by atoms with van der Waals surface area (Å²) in [6.45, 7) is 15.3. The molecule has 1 aliphatic heterocycles. The van der Waals surface area contributed by atoms with Gasteiger partial charge in [0.05, 0.1) is 24.8 Å². The number of carbonyl (C=O) groups is 13. The Morgan fingerprint density at radius 3 is 1.66 bits per heavy atom. The third-order valence-corrected chi connectivity index (χ3v) is 14.1. The molecule has 1 aromatic rings. The first-order chi connectivity index (χ1) is 40.4. The van der Waals surface area contributed by atoms with E-state index in [9.17, 15) is 62.3 Å². The molecule has 13 amide bonds. The van der Waals surface area contributed by atoms with E-state index in [-0.39, 0.29) is 93.9 Å². The Morgan fingerprint density at radius 1 is 0.581 bits per heavy atom. The summed E-state index contributed by atoms with van der Waals surface area (Å²) in [6, 6.07) is -7.37. The van der Waals surface area contributed by atoms with Gasteiger partial charge in [0, 0.05) is 25.2 Å².